The number of rotatable bonds is 11. The van der Waals surface area contributed by atoms with Gasteiger partial charge < -0.3 is 4.57 Å². The van der Waals surface area contributed by atoms with E-state index in [9.17, 15) is 13.2 Å². The van der Waals surface area contributed by atoms with Gasteiger partial charge in [0.05, 0.1) is 34.3 Å². The summed E-state index contributed by atoms with van der Waals surface area (Å²) in [5.41, 5.74) is 12.4. The summed E-state index contributed by atoms with van der Waals surface area (Å²) < 4.78 is 109. The molecule has 0 aliphatic carbocycles. The van der Waals surface area contributed by atoms with Crippen LogP contribution in [0, 0.1) is 40.7 Å². The molecule has 0 saturated heterocycles. The van der Waals surface area contributed by atoms with E-state index in [4.69, 9.17) is 4.98 Å². The molecule has 14 aromatic rings. The highest BCUT2D eigenvalue weighted by molar-refractivity contribution is 6.11. The SMILES string of the molecule is Fc1ccc(-c2ccc(-c3ccc(F)cc3-c3cc(-c4cc(F)ccc4-c4ccc(-c5ncc(F)cc5F)nc4)cc(-c4cc(F)ccc4-c4cnc(-c5ccccc5)cc4-c4ccc5c(c4)c4ccccc4n5-c4ccccc4)c3)cn2)c(F)c1. The minimum Gasteiger partial charge on any atom is -0.309 e. The van der Waals surface area contributed by atoms with Crippen molar-refractivity contribution in [2.24, 2.45) is 0 Å². The van der Waals surface area contributed by atoms with Gasteiger partial charge >= 0.3 is 0 Å². The van der Waals surface area contributed by atoms with Gasteiger partial charge in [0.1, 0.15) is 40.6 Å². The van der Waals surface area contributed by atoms with Crippen LogP contribution in [0.1, 0.15) is 0 Å². The monoisotopic (exact) mass is 1130 g/mol. The number of aromatic nitrogens is 5. The minimum absolute atomic E-state index is 0.0832. The van der Waals surface area contributed by atoms with Crippen LogP contribution in [0.2, 0.25) is 0 Å². The molecule has 0 aliphatic heterocycles. The number of hydrogen-bond donors (Lipinski definition) is 0. The lowest BCUT2D eigenvalue weighted by Gasteiger charge is -2.19. The number of fused-ring (bicyclic) bond motifs is 3. The quantitative estimate of drug-likeness (QED) is 0.121. The van der Waals surface area contributed by atoms with E-state index in [1.807, 2.05) is 78.9 Å². The Morgan fingerprint density at radius 2 is 0.744 bits per heavy atom. The summed E-state index contributed by atoms with van der Waals surface area (Å²) >= 11 is 0. The highest BCUT2D eigenvalue weighted by Gasteiger charge is 2.23. The standard InChI is InChI=1S/C74H42F7N5/c75-50-18-22-56(45-15-26-69(82-39-45)60-25-21-53(78)36-67(60)80)61(33-50)47-29-48(62-34-51(76)19-23-57(62)46-16-27-70(83-40-46)74-68(81)37-54(79)41-85-74)31-49(30-47)63-35-52(77)20-24-58(63)66-42-84-71(43-9-3-1-4-10-43)38-64(66)44-17-28-73-65(32-44)59-13-7-8-14-72(59)86(73)55-11-5-2-6-12-55/h1-42H. The number of benzene rings is 9. The maximum Gasteiger partial charge on any atom is 0.153 e. The van der Waals surface area contributed by atoms with Crippen molar-refractivity contribution in [1.29, 1.82) is 0 Å². The van der Waals surface area contributed by atoms with E-state index in [1.165, 1.54) is 60.9 Å². The molecular weight excluding hydrogens is 1090 g/mol. The van der Waals surface area contributed by atoms with Crippen LogP contribution in [-0.2, 0) is 0 Å². The number of pyridine rings is 4. The molecule has 9 aromatic carbocycles. The molecule has 0 aliphatic rings. The van der Waals surface area contributed by atoms with Gasteiger partial charge in [0, 0.05) is 75.0 Å². The fourth-order valence-corrected chi connectivity index (χ4v) is 11.5. The molecule has 0 fully saturated rings. The topological polar surface area (TPSA) is 56.5 Å². The molecule has 0 bridgehead atoms. The van der Waals surface area contributed by atoms with Crippen LogP contribution in [-0.4, -0.2) is 24.5 Å². The van der Waals surface area contributed by atoms with Gasteiger partial charge in [0.2, 0.25) is 0 Å². The molecule has 0 spiro atoms. The second-order valence-corrected chi connectivity index (χ2v) is 20.7. The average Bonchev–Trinajstić information content (AvgIpc) is 1.69. The number of nitrogens with zero attached hydrogens (tertiary/aromatic N) is 5. The first-order valence-corrected chi connectivity index (χ1v) is 27.4. The Balaban J connectivity index is 0.983. The zero-order chi connectivity index (χ0) is 58.6. The zero-order valence-electron chi connectivity index (χ0n) is 45.1. The van der Waals surface area contributed by atoms with Crippen molar-refractivity contribution in [1.82, 2.24) is 24.5 Å². The highest BCUT2D eigenvalue weighted by atomic mass is 19.2. The predicted octanol–water partition coefficient (Wildman–Crippen LogP) is 20.0. The molecule has 12 heteroatoms. The summed E-state index contributed by atoms with van der Waals surface area (Å²) in [4.78, 5) is 18.0. The highest BCUT2D eigenvalue weighted by Crippen LogP contribution is 2.46. The molecular formula is C74H42F7N5. The van der Waals surface area contributed by atoms with E-state index in [2.05, 4.69) is 62.0 Å². The maximum atomic E-state index is 16.4. The molecule has 0 amide bonds. The van der Waals surface area contributed by atoms with Crippen molar-refractivity contribution in [2.45, 2.75) is 0 Å². The molecule has 0 radical (unpaired) electrons. The lowest BCUT2D eigenvalue weighted by atomic mass is 9.85. The lowest BCUT2D eigenvalue weighted by Crippen LogP contribution is -1.96. The van der Waals surface area contributed by atoms with Gasteiger partial charge in [-0.15, -0.1) is 0 Å². The average molecular weight is 1130 g/mol. The van der Waals surface area contributed by atoms with Crippen molar-refractivity contribution < 1.29 is 30.7 Å². The predicted molar refractivity (Wildman–Crippen MR) is 326 cm³/mol. The van der Waals surface area contributed by atoms with Gasteiger partial charge in [-0.05, 0) is 176 Å². The Hall–Kier alpha value is -11.1. The summed E-state index contributed by atoms with van der Waals surface area (Å²) in [5, 5.41) is 2.06. The van der Waals surface area contributed by atoms with Gasteiger partial charge in [-0.3, -0.25) is 15.0 Å². The first-order valence-electron chi connectivity index (χ1n) is 27.4. The Kier molecular flexibility index (Phi) is 13.5. The van der Waals surface area contributed by atoms with Gasteiger partial charge in [0.15, 0.2) is 5.82 Å². The molecule has 0 atom stereocenters. The van der Waals surface area contributed by atoms with Crippen LogP contribution in [0.3, 0.4) is 0 Å². The van der Waals surface area contributed by atoms with Crippen molar-refractivity contribution in [3.63, 3.8) is 0 Å². The largest absolute Gasteiger partial charge is 0.309 e. The van der Waals surface area contributed by atoms with Crippen LogP contribution in [0.4, 0.5) is 30.7 Å². The second-order valence-electron chi connectivity index (χ2n) is 20.7. The summed E-state index contributed by atoms with van der Waals surface area (Å²) in [7, 11) is 0. The zero-order valence-corrected chi connectivity index (χ0v) is 45.1. The Morgan fingerprint density at radius 1 is 0.244 bits per heavy atom. The van der Waals surface area contributed by atoms with Crippen LogP contribution in [0.5, 0.6) is 0 Å². The summed E-state index contributed by atoms with van der Waals surface area (Å²) in [6.07, 6.45) is 5.69. The van der Waals surface area contributed by atoms with Gasteiger partial charge in [-0.25, -0.2) is 35.7 Å². The number of hydrogen-bond acceptors (Lipinski definition) is 4. The normalized spacial score (nSPS) is 11.4. The minimum atomic E-state index is -0.901. The Morgan fingerprint density at radius 3 is 1.35 bits per heavy atom. The third-order valence-electron chi connectivity index (χ3n) is 15.5. The molecule has 412 valence electrons. The van der Waals surface area contributed by atoms with Gasteiger partial charge in [-0.2, -0.15) is 0 Å². The van der Waals surface area contributed by atoms with E-state index >= 15 is 17.6 Å². The lowest BCUT2D eigenvalue weighted by molar-refractivity contribution is 0.575. The third kappa shape index (κ3) is 9.92. The Bertz CT molecular complexity index is 4790. The van der Waals surface area contributed by atoms with E-state index in [0.29, 0.717) is 72.5 Å². The van der Waals surface area contributed by atoms with Crippen molar-refractivity contribution in [3.8, 4) is 117 Å². The summed E-state index contributed by atoms with van der Waals surface area (Å²) in [5.74, 6) is -4.99. The molecule has 86 heavy (non-hydrogen) atoms. The summed E-state index contributed by atoms with van der Waals surface area (Å²) in [6, 6.07) is 65.6. The molecule has 5 heterocycles. The second kappa shape index (κ2) is 21.9. The first kappa shape index (κ1) is 52.9. The van der Waals surface area contributed by atoms with Crippen molar-refractivity contribution in [3.05, 3.63) is 296 Å². The van der Waals surface area contributed by atoms with Crippen LogP contribution in [0.15, 0.2) is 255 Å². The van der Waals surface area contributed by atoms with E-state index < -0.39 is 40.7 Å². The number of para-hydroxylation sites is 2. The molecule has 5 nitrogen and oxygen atoms in total. The smallest absolute Gasteiger partial charge is 0.153 e. The molecule has 5 aromatic heterocycles. The Labute approximate surface area is 488 Å². The molecule has 0 saturated carbocycles. The van der Waals surface area contributed by atoms with Gasteiger partial charge in [0.25, 0.3) is 0 Å². The van der Waals surface area contributed by atoms with Crippen LogP contribution in [0.25, 0.3) is 139 Å². The molecule has 14 rings (SSSR count). The fraction of sp³-hybridized carbons (Fsp3) is 0. The maximum absolute atomic E-state index is 16.4. The summed E-state index contributed by atoms with van der Waals surface area (Å²) in [6.45, 7) is 0. The third-order valence-corrected chi connectivity index (χ3v) is 15.5. The number of halogens is 7. The van der Waals surface area contributed by atoms with Gasteiger partial charge in [-0.1, -0.05) is 103 Å². The van der Waals surface area contributed by atoms with Crippen molar-refractivity contribution in [2.75, 3.05) is 0 Å². The first-order chi connectivity index (χ1) is 42.0. The fourth-order valence-electron chi connectivity index (χ4n) is 11.5. The molecule has 0 unspecified atom stereocenters. The molecule has 0 N–H and O–H groups in total. The van der Waals surface area contributed by atoms with E-state index in [0.717, 1.165) is 68.6 Å². The van der Waals surface area contributed by atoms with E-state index in [1.54, 1.807) is 48.7 Å². The van der Waals surface area contributed by atoms with Crippen LogP contribution >= 0.6 is 0 Å². The van der Waals surface area contributed by atoms with Crippen molar-refractivity contribution >= 4 is 21.8 Å². The van der Waals surface area contributed by atoms with E-state index in [-0.39, 0.29) is 22.6 Å². The van der Waals surface area contributed by atoms with Crippen LogP contribution < -0.4 is 0 Å².